The lowest BCUT2D eigenvalue weighted by Gasteiger charge is -2.09. The van der Waals surface area contributed by atoms with Crippen LogP contribution in [0.2, 0.25) is 0 Å². The molecule has 1 amide bonds. The molecule has 1 aliphatic rings. The Balaban J connectivity index is 2.11. The van der Waals surface area contributed by atoms with Crippen molar-refractivity contribution in [3.05, 3.63) is 0 Å². The molecular weight excluding hydrogens is 222 g/mol. The maximum Gasteiger partial charge on any atom is 0.230 e. The van der Waals surface area contributed by atoms with Crippen molar-refractivity contribution in [2.24, 2.45) is 5.92 Å². The van der Waals surface area contributed by atoms with Crippen LogP contribution in [0, 0.1) is 5.92 Å². The molecule has 0 aliphatic heterocycles. The third-order valence-electron chi connectivity index (χ3n) is 2.22. The number of amides is 1. The summed E-state index contributed by atoms with van der Waals surface area (Å²) in [4.78, 5) is 10.8. The van der Waals surface area contributed by atoms with Gasteiger partial charge in [0, 0.05) is 6.54 Å². The number of halogens is 1. The van der Waals surface area contributed by atoms with E-state index in [1.165, 1.54) is 0 Å². The minimum Gasteiger partial charge on any atom is -0.393 e. The van der Waals surface area contributed by atoms with E-state index in [0.29, 0.717) is 17.8 Å². The number of rotatable bonds is 3. The van der Waals surface area contributed by atoms with Gasteiger partial charge in [0.2, 0.25) is 5.91 Å². The van der Waals surface area contributed by atoms with Gasteiger partial charge in [0.05, 0.1) is 11.4 Å². The van der Waals surface area contributed by atoms with Crippen molar-refractivity contribution in [2.45, 2.75) is 25.4 Å². The van der Waals surface area contributed by atoms with Crippen LogP contribution < -0.4 is 5.32 Å². The Labute approximate surface area is 80.7 Å². The number of aliphatic hydroxyl groups excluding tert-OH is 1. The van der Waals surface area contributed by atoms with Gasteiger partial charge in [-0.3, -0.25) is 4.79 Å². The molecule has 2 unspecified atom stereocenters. The average Bonchev–Trinajstić information content (AvgIpc) is 2.47. The predicted molar refractivity (Wildman–Crippen MR) is 50.2 cm³/mol. The van der Waals surface area contributed by atoms with E-state index in [1.54, 1.807) is 0 Å². The minimum absolute atomic E-state index is 0.0244. The molecule has 1 fully saturated rings. The fraction of sp³-hybridized carbons (Fsp3) is 0.875. The summed E-state index contributed by atoms with van der Waals surface area (Å²) in [7, 11) is 0. The van der Waals surface area contributed by atoms with E-state index in [2.05, 4.69) is 21.2 Å². The summed E-state index contributed by atoms with van der Waals surface area (Å²) in [5, 5.41) is 12.4. The Morgan fingerprint density at radius 1 is 1.58 bits per heavy atom. The maximum atomic E-state index is 10.8. The number of hydrogen-bond acceptors (Lipinski definition) is 2. The van der Waals surface area contributed by atoms with Crippen LogP contribution in [0.1, 0.15) is 19.3 Å². The summed E-state index contributed by atoms with van der Waals surface area (Å²) >= 11 is 3.07. The maximum absolute atomic E-state index is 10.8. The second-order valence-electron chi connectivity index (χ2n) is 3.27. The van der Waals surface area contributed by atoms with Gasteiger partial charge in [-0.25, -0.2) is 0 Å². The zero-order chi connectivity index (χ0) is 8.97. The highest BCUT2D eigenvalue weighted by molar-refractivity contribution is 9.09. The van der Waals surface area contributed by atoms with Crippen LogP contribution in [0.5, 0.6) is 0 Å². The highest BCUT2D eigenvalue weighted by Crippen LogP contribution is 2.24. The Morgan fingerprint density at radius 2 is 2.33 bits per heavy atom. The molecule has 0 aromatic heterocycles. The summed E-state index contributed by atoms with van der Waals surface area (Å²) < 4.78 is 0. The lowest BCUT2D eigenvalue weighted by Crippen LogP contribution is -2.29. The summed E-state index contributed by atoms with van der Waals surface area (Å²) in [6, 6.07) is 0. The quantitative estimate of drug-likeness (QED) is 0.707. The van der Waals surface area contributed by atoms with E-state index in [-0.39, 0.29) is 12.0 Å². The van der Waals surface area contributed by atoms with Gasteiger partial charge in [-0.05, 0) is 25.2 Å². The Bertz CT molecular complexity index is 163. The lowest BCUT2D eigenvalue weighted by atomic mass is 10.1. The molecule has 0 aromatic carbocycles. The number of aliphatic hydroxyl groups is 1. The van der Waals surface area contributed by atoms with E-state index < -0.39 is 0 Å². The monoisotopic (exact) mass is 235 g/mol. The lowest BCUT2D eigenvalue weighted by molar-refractivity contribution is -0.118. The second kappa shape index (κ2) is 4.82. The highest BCUT2D eigenvalue weighted by Gasteiger charge is 2.22. The van der Waals surface area contributed by atoms with E-state index in [9.17, 15) is 9.90 Å². The molecule has 4 heteroatoms. The molecule has 3 nitrogen and oxygen atoms in total. The Hall–Kier alpha value is -0.0900. The van der Waals surface area contributed by atoms with Gasteiger partial charge in [0.15, 0.2) is 0 Å². The third kappa shape index (κ3) is 3.11. The fourth-order valence-corrected chi connectivity index (χ4v) is 1.74. The molecule has 2 N–H and O–H groups in total. The fourth-order valence-electron chi connectivity index (χ4n) is 1.54. The highest BCUT2D eigenvalue weighted by atomic mass is 79.9. The first kappa shape index (κ1) is 9.99. The molecule has 12 heavy (non-hydrogen) atoms. The third-order valence-corrected chi connectivity index (χ3v) is 2.73. The van der Waals surface area contributed by atoms with Crippen molar-refractivity contribution in [1.82, 2.24) is 5.32 Å². The van der Waals surface area contributed by atoms with E-state index in [4.69, 9.17) is 0 Å². The van der Waals surface area contributed by atoms with Crippen LogP contribution >= 0.6 is 15.9 Å². The first-order valence-corrected chi connectivity index (χ1v) is 5.35. The van der Waals surface area contributed by atoms with Crippen LogP contribution in [-0.2, 0) is 4.79 Å². The number of alkyl halides is 1. The average molecular weight is 236 g/mol. The van der Waals surface area contributed by atoms with Gasteiger partial charge < -0.3 is 10.4 Å². The number of nitrogens with one attached hydrogen (secondary N) is 1. The van der Waals surface area contributed by atoms with E-state index >= 15 is 0 Å². The molecule has 70 valence electrons. The van der Waals surface area contributed by atoms with Crippen LogP contribution in [0.4, 0.5) is 0 Å². The van der Waals surface area contributed by atoms with Gasteiger partial charge in [0.1, 0.15) is 0 Å². The van der Waals surface area contributed by atoms with Crippen molar-refractivity contribution in [1.29, 1.82) is 0 Å². The Kier molecular flexibility index (Phi) is 4.01. The predicted octanol–water partition coefficient (Wildman–Crippen LogP) is 0.658. The second-order valence-corrected chi connectivity index (χ2v) is 3.83. The van der Waals surface area contributed by atoms with Gasteiger partial charge in [-0.1, -0.05) is 15.9 Å². The van der Waals surface area contributed by atoms with Crippen molar-refractivity contribution in [3.63, 3.8) is 0 Å². The summed E-state index contributed by atoms with van der Waals surface area (Å²) in [5.41, 5.74) is 0. The molecule has 0 heterocycles. The number of hydrogen-bond donors (Lipinski definition) is 2. The van der Waals surface area contributed by atoms with Crippen molar-refractivity contribution < 1.29 is 9.90 Å². The molecule has 1 rings (SSSR count). The van der Waals surface area contributed by atoms with Crippen molar-refractivity contribution in [2.75, 3.05) is 11.9 Å². The van der Waals surface area contributed by atoms with Gasteiger partial charge >= 0.3 is 0 Å². The zero-order valence-electron chi connectivity index (χ0n) is 6.92. The summed E-state index contributed by atoms with van der Waals surface area (Å²) in [6.45, 7) is 0.710. The molecule has 1 aliphatic carbocycles. The topological polar surface area (TPSA) is 49.3 Å². The number of carbonyl (C=O) groups is 1. The van der Waals surface area contributed by atoms with Crippen molar-refractivity contribution >= 4 is 21.8 Å². The normalized spacial score (nSPS) is 28.8. The molecule has 1 saturated carbocycles. The molecule has 0 spiro atoms. The van der Waals surface area contributed by atoms with Gasteiger partial charge in [0.25, 0.3) is 0 Å². The van der Waals surface area contributed by atoms with E-state index in [1.807, 2.05) is 0 Å². The molecule has 2 atom stereocenters. The van der Waals surface area contributed by atoms with Crippen molar-refractivity contribution in [3.8, 4) is 0 Å². The minimum atomic E-state index is -0.143. The molecule has 0 bridgehead atoms. The summed E-state index contributed by atoms with van der Waals surface area (Å²) in [5.74, 6) is 0.499. The van der Waals surface area contributed by atoms with Gasteiger partial charge in [-0.15, -0.1) is 0 Å². The molecule has 0 saturated heterocycles. The van der Waals surface area contributed by atoms with E-state index in [0.717, 1.165) is 19.3 Å². The largest absolute Gasteiger partial charge is 0.393 e. The van der Waals surface area contributed by atoms with Gasteiger partial charge in [-0.2, -0.15) is 0 Å². The van der Waals surface area contributed by atoms with Crippen LogP contribution in [-0.4, -0.2) is 29.0 Å². The smallest absolute Gasteiger partial charge is 0.230 e. The zero-order valence-corrected chi connectivity index (χ0v) is 8.51. The molecule has 0 radical (unpaired) electrons. The standard InChI is InChI=1S/C8H14BrNO2/c9-4-8(12)10-5-6-1-2-7(11)3-6/h6-7,11H,1-5H2,(H,10,12). The van der Waals surface area contributed by atoms with Crippen LogP contribution in [0.3, 0.4) is 0 Å². The first-order valence-electron chi connectivity index (χ1n) is 4.23. The number of carbonyl (C=O) groups excluding carboxylic acids is 1. The van der Waals surface area contributed by atoms with Crippen LogP contribution in [0.25, 0.3) is 0 Å². The summed E-state index contributed by atoms with van der Waals surface area (Å²) in [6.07, 6.45) is 2.61. The Morgan fingerprint density at radius 3 is 2.83 bits per heavy atom. The van der Waals surface area contributed by atoms with Crippen LogP contribution in [0.15, 0.2) is 0 Å². The molecule has 0 aromatic rings. The first-order chi connectivity index (χ1) is 5.72. The molecular formula is C8H14BrNO2. The SMILES string of the molecule is O=C(CBr)NCC1CCC(O)C1.